The maximum atomic E-state index is 5.88. The highest BCUT2D eigenvalue weighted by atomic mass is 35.5. The molecular weight excluding hydrogens is 318 g/mol. The van der Waals surface area contributed by atoms with E-state index in [0.29, 0.717) is 6.79 Å². The van der Waals surface area contributed by atoms with Gasteiger partial charge in [-0.15, -0.1) is 12.4 Å². The summed E-state index contributed by atoms with van der Waals surface area (Å²) in [4.78, 5) is 2.33. The Morgan fingerprint density at radius 3 is 2.22 bits per heavy atom. The third kappa shape index (κ3) is 2.70. The minimum Gasteiger partial charge on any atom is -0.454 e. The van der Waals surface area contributed by atoms with Crippen LogP contribution in [0.15, 0.2) is 18.2 Å². The topological polar surface area (TPSA) is 40.2 Å². The Bertz CT molecular complexity index is 562. The zero-order valence-electron chi connectivity index (χ0n) is 13.7. The molecule has 2 heterocycles. The van der Waals surface area contributed by atoms with E-state index in [1.807, 2.05) is 6.07 Å². The van der Waals surface area contributed by atoms with Gasteiger partial charge >= 0.3 is 0 Å². The van der Waals surface area contributed by atoms with E-state index in [1.165, 1.54) is 5.56 Å². The van der Waals surface area contributed by atoms with E-state index in [4.69, 9.17) is 18.9 Å². The Labute approximate surface area is 143 Å². The largest absolute Gasteiger partial charge is 0.454 e. The number of halogens is 1. The number of benzene rings is 1. The van der Waals surface area contributed by atoms with Gasteiger partial charge in [0.1, 0.15) is 0 Å². The normalized spacial score (nSPS) is 24.0. The molecule has 1 aromatic rings. The van der Waals surface area contributed by atoms with Crippen molar-refractivity contribution in [2.75, 3.05) is 34.1 Å². The third-order valence-corrected chi connectivity index (χ3v) is 5.42. The molecule has 3 aliphatic rings. The number of hydrogen-bond donors (Lipinski definition) is 0. The van der Waals surface area contributed by atoms with Crippen LogP contribution >= 0.6 is 12.4 Å². The Morgan fingerprint density at radius 1 is 0.913 bits per heavy atom. The van der Waals surface area contributed by atoms with E-state index in [-0.39, 0.29) is 23.7 Å². The van der Waals surface area contributed by atoms with Gasteiger partial charge in [-0.2, -0.15) is 0 Å². The lowest BCUT2D eigenvalue weighted by Crippen LogP contribution is -2.49. The molecule has 0 atom stereocenters. The average Bonchev–Trinajstić information content (AvgIpc) is 3.17. The van der Waals surface area contributed by atoms with Crippen LogP contribution in [0.3, 0.4) is 0 Å². The molecule has 1 aromatic carbocycles. The van der Waals surface area contributed by atoms with E-state index in [9.17, 15) is 0 Å². The minimum absolute atomic E-state index is 0. The highest BCUT2D eigenvalue weighted by Crippen LogP contribution is 2.49. The maximum Gasteiger partial charge on any atom is 0.231 e. The second-order valence-electron chi connectivity index (χ2n) is 6.60. The summed E-state index contributed by atoms with van der Waals surface area (Å²) in [7, 11) is 4.30. The van der Waals surface area contributed by atoms with Crippen molar-refractivity contribution in [3.8, 4) is 11.5 Å². The molecule has 1 aliphatic carbocycles. The van der Waals surface area contributed by atoms with Gasteiger partial charge in [0, 0.05) is 18.4 Å². The molecule has 0 bridgehead atoms. The van der Waals surface area contributed by atoms with Crippen molar-refractivity contribution in [3.63, 3.8) is 0 Å². The molecular formula is C17H24ClNO4. The zero-order chi connectivity index (χ0) is 15.2. The first-order valence-corrected chi connectivity index (χ1v) is 7.99. The molecule has 2 fully saturated rings. The van der Waals surface area contributed by atoms with Gasteiger partial charge < -0.3 is 18.9 Å². The van der Waals surface area contributed by atoms with Crippen LogP contribution in [0, 0.1) is 0 Å². The van der Waals surface area contributed by atoms with Gasteiger partial charge in [0.15, 0.2) is 17.3 Å². The molecule has 0 amide bonds. The smallest absolute Gasteiger partial charge is 0.231 e. The molecule has 1 spiro atoms. The van der Waals surface area contributed by atoms with Gasteiger partial charge in [-0.25, -0.2) is 0 Å². The molecule has 5 nitrogen and oxygen atoms in total. The highest BCUT2D eigenvalue weighted by Gasteiger charge is 2.48. The molecule has 2 aliphatic heterocycles. The third-order valence-electron chi connectivity index (χ3n) is 5.42. The summed E-state index contributed by atoms with van der Waals surface area (Å²) in [6.45, 7) is 1.76. The van der Waals surface area contributed by atoms with Gasteiger partial charge in [-0.3, -0.25) is 4.90 Å². The van der Waals surface area contributed by atoms with Crippen molar-refractivity contribution in [2.45, 2.75) is 37.0 Å². The lowest BCUT2D eigenvalue weighted by molar-refractivity contribution is -0.193. The van der Waals surface area contributed by atoms with Crippen molar-refractivity contribution < 1.29 is 18.9 Å². The second-order valence-corrected chi connectivity index (χ2v) is 6.60. The van der Waals surface area contributed by atoms with Gasteiger partial charge in [0.05, 0.1) is 13.2 Å². The SMILES string of the molecule is CN(C)C1(c2ccc3c(c2)OCO3)CCC2(CC1)OCCO2.Cl. The van der Waals surface area contributed by atoms with Crippen LogP contribution < -0.4 is 9.47 Å². The molecule has 0 N–H and O–H groups in total. The van der Waals surface area contributed by atoms with E-state index in [1.54, 1.807) is 0 Å². The predicted molar refractivity (Wildman–Crippen MR) is 88.3 cm³/mol. The number of hydrogen-bond acceptors (Lipinski definition) is 5. The van der Waals surface area contributed by atoms with Gasteiger partial charge in [0.2, 0.25) is 6.79 Å². The van der Waals surface area contributed by atoms with Crippen molar-refractivity contribution in [1.29, 1.82) is 0 Å². The van der Waals surface area contributed by atoms with Gasteiger partial charge in [-0.1, -0.05) is 6.07 Å². The molecule has 4 rings (SSSR count). The molecule has 0 unspecified atom stereocenters. The summed E-state index contributed by atoms with van der Waals surface area (Å²) < 4.78 is 22.8. The Morgan fingerprint density at radius 2 is 1.57 bits per heavy atom. The number of fused-ring (bicyclic) bond motifs is 1. The first-order valence-electron chi connectivity index (χ1n) is 7.99. The molecule has 0 radical (unpaired) electrons. The summed E-state index contributed by atoms with van der Waals surface area (Å²) in [6.07, 6.45) is 3.89. The standard InChI is InChI=1S/C17H23NO4.ClH/c1-18(2)16(5-7-17(8-6-16)21-9-10-22-17)13-3-4-14-15(11-13)20-12-19-14;/h3-4,11H,5-10,12H2,1-2H3;1H. The Kier molecular flexibility index (Phi) is 4.49. The highest BCUT2D eigenvalue weighted by molar-refractivity contribution is 5.85. The van der Waals surface area contributed by atoms with Crippen LogP contribution in [0.1, 0.15) is 31.2 Å². The Hall–Kier alpha value is -1.01. The number of rotatable bonds is 2. The monoisotopic (exact) mass is 341 g/mol. The maximum absolute atomic E-state index is 5.88. The van der Waals surface area contributed by atoms with Gasteiger partial charge in [0.25, 0.3) is 0 Å². The van der Waals surface area contributed by atoms with Crippen molar-refractivity contribution in [1.82, 2.24) is 4.90 Å². The summed E-state index contributed by atoms with van der Waals surface area (Å²) >= 11 is 0. The molecule has 128 valence electrons. The zero-order valence-corrected chi connectivity index (χ0v) is 14.5. The number of nitrogens with zero attached hydrogens (tertiary/aromatic N) is 1. The summed E-state index contributed by atoms with van der Waals surface area (Å²) in [5.41, 5.74) is 1.29. The van der Waals surface area contributed by atoms with Gasteiger partial charge in [-0.05, 0) is 44.6 Å². The van der Waals surface area contributed by atoms with Crippen LogP contribution in [0.2, 0.25) is 0 Å². The molecule has 1 saturated heterocycles. The lowest BCUT2D eigenvalue weighted by Gasteiger charge is -2.48. The van der Waals surface area contributed by atoms with Crippen molar-refractivity contribution in [2.24, 2.45) is 0 Å². The van der Waals surface area contributed by atoms with Crippen molar-refractivity contribution in [3.05, 3.63) is 23.8 Å². The molecule has 1 saturated carbocycles. The van der Waals surface area contributed by atoms with Crippen LogP contribution in [0.4, 0.5) is 0 Å². The van der Waals surface area contributed by atoms with Crippen LogP contribution in [0.25, 0.3) is 0 Å². The van der Waals surface area contributed by atoms with E-state index in [0.717, 1.165) is 50.4 Å². The summed E-state index contributed by atoms with van der Waals surface area (Å²) in [6, 6.07) is 6.33. The molecule has 0 aromatic heterocycles. The average molecular weight is 342 g/mol. The summed E-state index contributed by atoms with van der Waals surface area (Å²) in [5, 5.41) is 0. The number of ether oxygens (including phenoxy) is 4. The van der Waals surface area contributed by atoms with E-state index in [2.05, 4.69) is 31.1 Å². The van der Waals surface area contributed by atoms with Crippen LogP contribution in [-0.2, 0) is 15.0 Å². The van der Waals surface area contributed by atoms with Crippen LogP contribution in [-0.4, -0.2) is 44.8 Å². The first-order chi connectivity index (χ1) is 10.6. The fraction of sp³-hybridized carbons (Fsp3) is 0.647. The quantitative estimate of drug-likeness (QED) is 0.827. The first kappa shape index (κ1) is 16.8. The lowest BCUT2D eigenvalue weighted by atomic mass is 9.73. The van der Waals surface area contributed by atoms with Crippen LogP contribution in [0.5, 0.6) is 11.5 Å². The molecule has 23 heavy (non-hydrogen) atoms. The van der Waals surface area contributed by atoms with E-state index < -0.39 is 0 Å². The fourth-order valence-electron chi connectivity index (χ4n) is 4.01. The Balaban J connectivity index is 0.00000156. The van der Waals surface area contributed by atoms with Crippen molar-refractivity contribution >= 4 is 12.4 Å². The summed E-state index contributed by atoms with van der Waals surface area (Å²) in [5.74, 6) is 1.36. The predicted octanol–water partition coefficient (Wildman–Crippen LogP) is 2.91. The van der Waals surface area contributed by atoms with E-state index >= 15 is 0 Å². The fourth-order valence-corrected chi connectivity index (χ4v) is 4.01. The minimum atomic E-state index is -0.337. The second kappa shape index (κ2) is 6.13. The molecule has 6 heteroatoms.